The zero-order valence-electron chi connectivity index (χ0n) is 10.7. The second-order valence-electron chi connectivity index (χ2n) is 4.29. The minimum absolute atomic E-state index is 0.576. The smallest absolute Gasteiger partial charge is 0.105 e. The molecule has 90 valence electrons. The van der Waals surface area contributed by atoms with Crippen molar-refractivity contribution in [1.29, 1.82) is 0 Å². The van der Waals surface area contributed by atoms with E-state index >= 15 is 0 Å². The molecule has 1 aromatic heterocycles. The summed E-state index contributed by atoms with van der Waals surface area (Å²) in [4.78, 5) is 0. The number of aryl methyl sites for hydroxylation is 2. The van der Waals surface area contributed by atoms with Gasteiger partial charge in [-0.15, -0.1) is 6.58 Å². The molecule has 0 radical (unpaired) electrons. The van der Waals surface area contributed by atoms with Gasteiger partial charge in [0.1, 0.15) is 11.5 Å². The van der Waals surface area contributed by atoms with Crippen LogP contribution in [0, 0.1) is 13.8 Å². The van der Waals surface area contributed by atoms with Crippen LogP contribution >= 0.6 is 0 Å². The van der Waals surface area contributed by atoms with Crippen LogP contribution in [0.5, 0.6) is 0 Å². The van der Waals surface area contributed by atoms with Crippen molar-refractivity contribution in [2.45, 2.75) is 52.6 Å². The van der Waals surface area contributed by atoms with Crippen molar-refractivity contribution in [3.8, 4) is 0 Å². The largest absolute Gasteiger partial charge is 0.466 e. The van der Waals surface area contributed by atoms with Gasteiger partial charge in [-0.2, -0.15) is 0 Å². The van der Waals surface area contributed by atoms with E-state index < -0.39 is 0 Å². The molecule has 0 fully saturated rings. The zero-order valence-corrected chi connectivity index (χ0v) is 10.7. The molecule has 0 aliphatic heterocycles. The monoisotopic (exact) mass is 221 g/mol. The highest BCUT2D eigenvalue weighted by Crippen LogP contribution is 2.14. The van der Waals surface area contributed by atoms with Crippen molar-refractivity contribution in [2.75, 3.05) is 0 Å². The van der Waals surface area contributed by atoms with Gasteiger partial charge >= 0.3 is 0 Å². The SMILES string of the molecule is C=CCCC(CC)NCc1cc(C)oc1C. The van der Waals surface area contributed by atoms with Crippen LogP contribution in [0.2, 0.25) is 0 Å². The standard InChI is InChI=1S/C14H23NO/c1-5-7-8-14(6-2)15-10-13-9-11(3)16-12(13)4/h5,9,14-15H,1,6-8,10H2,2-4H3. The van der Waals surface area contributed by atoms with Gasteiger partial charge < -0.3 is 9.73 Å². The van der Waals surface area contributed by atoms with Crippen molar-refractivity contribution in [1.82, 2.24) is 5.32 Å². The van der Waals surface area contributed by atoms with E-state index in [-0.39, 0.29) is 0 Å². The second-order valence-corrected chi connectivity index (χ2v) is 4.29. The van der Waals surface area contributed by atoms with Gasteiger partial charge in [0.15, 0.2) is 0 Å². The first-order valence-electron chi connectivity index (χ1n) is 6.07. The highest BCUT2D eigenvalue weighted by molar-refractivity contribution is 5.19. The molecule has 2 nitrogen and oxygen atoms in total. The van der Waals surface area contributed by atoms with Gasteiger partial charge in [0.2, 0.25) is 0 Å². The maximum atomic E-state index is 5.51. The molecule has 0 spiro atoms. The van der Waals surface area contributed by atoms with E-state index in [1.807, 2.05) is 19.9 Å². The van der Waals surface area contributed by atoms with E-state index in [2.05, 4.69) is 24.9 Å². The molecule has 1 atom stereocenters. The second kappa shape index (κ2) is 6.54. The van der Waals surface area contributed by atoms with Gasteiger partial charge in [-0.1, -0.05) is 13.0 Å². The summed E-state index contributed by atoms with van der Waals surface area (Å²) < 4.78 is 5.51. The molecule has 1 aromatic rings. The average Bonchev–Trinajstić information content (AvgIpc) is 2.58. The van der Waals surface area contributed by atoms with Crippen molar-refractivity contribution in [3.63, 3.8) is 0 Å². The Morgan fingerprint density at radius 2 is 2.25 bits per heavy atom. The molecule has 0 aromatic carbocycles. The molecule has 1 N–H and O–H groups in total. The lowest BCUT2D eigenvalue weighted by molar-refractivity contribution is 0.461. The van der Waals surface area contributed by atoms with Gasteiger partial charge in [0.25, 0.3) is 0 Å². The van der Waals surface area contributed by atoms with Crippen LogP contribution in [0.4, 0.5) is 0 Å². The quantitative estimate of drug-likeness (QED) is 0.710. The Balaban J connectivity index is 2.42. The van der Waals surface area contributed by atoms with E-state index in [1.165, 1.54) is 5.56 Å². The van der Waals surface area contributed by atoms with Gasteiger partial charge in [-0.05, 0) is 39.2 Å². The number of nitrogens with one attached hydrogen (secondary N) is 1. The molecule has 0 aliphatic carbocycles. The van der Waals surface area contributed by atoms with Crippen LogP contribution in [-0.2, 0) is 6.54 Å². The molecule has 16 heavy (non-hydrogen) atoms. The number of rotatable bonds is 7. The van der Waals surface area contributed by atoms with Crippen molar-refractivity contribution >= 4 is 0 Å². The summed E-state index contributed by atoms with van der Waals surface area (Å²) in [5.74, 6) is 2.03. The van der Waals surface area contributed by atoms with E-state index in [9.17, 15) is 0 Å². The molecule has 0 bridgehead atoms. The summed E-state index contributed by atoms with van der Waals surface area (Å²) in [7, 11) is 0. The topological polar surface area (TPSA) is 25.2 Å². The lowest BCUT2D eigenvalue weighted by atomic mass is 10.1. The fourth-order valence-corrected chi connectivity index (χ4v) is 1.88. The molecule has 1 rings (SSSR count). The van der Waals surface area contributed by atoms with Gasteiger partial charge in [-0.3, -0.25) is 0 Å². The molecular weight excluding hydrogens is 198 g/mol. The summed E-state index contributed by atoms with van der Waals surface area (Å²) in [5, 5.41) is 3.57. The fraction of sp³-hybridized carbons (Fsp3) is 0.571. The minimum Gasteiger partial charge on any atom is -0.466 e. The van der Waals surface area contributed by atoms with E-state index in [0.29, 0.717) is 6.04 Å². The first-order valence-corrected chi connectivity index (χ1v) is 6.07. The molecule has 2 heteroatoms. The Morgan fingerprint density at radius 3 is 2.75 bits per heavy atom. The summed E-state index contributed by atoms with van der Waals surface area (Å²) in [6, 6.07) is 2.69. The number of hydrogen-bond donors (Lipinski definition) is 1. The molecule has 0 amide bonds. The van der Waals surface area contributed by atoms with Crippen molar-refractivity contribution < 1.29 is 4.42 Å². The van der Waals surface area contributed by atoms with Crippen LogP contribution in [0.3, 0.4) is 0 Å². The van der Waals surface area contributed by atoms with Gasteiger partial charge in [-0.25, -0.2) is 0 Å². The zero-order chi connectivity index (χ0) is 12.0. The first-order chi connectivity index (χ1) is 7.67. The highest BCUT2D eigenvalue weighted by Gasteiger charge is 2.08. The van der Waals surface area contributed by atoms with Crippen molar-refractivity contribution in [2.24, 2.45) is 0 Å². The molecule has 0 saturated heterocycles. The van der Waals surface area contributed by atoms with Crippen LogP contribution in [0.15, 0.2) is 23.1 Å². The number of hydrogen-bond acceptors (Lipinski definition) is 2. The Morgan fingerprint density at radius 1 is 1.50 bits per heavy atom. The first kappa shape index (κ1) is 13.0. The van der Waals surface area contributed by atoms with Crippen molar-refractivity contribution in [3.05, 3.63) is 35.8 Å². The summed E-state index contributed by atoms with van der Waals surface area (Å²) >= 11 is 0. The van der Waals surface area contributed by atoms with Gasteiger partial charge in [0, 0.05) is 18.2 Å². The third-order valence-electron chi connectivity index (χ3n) is 2.94. The lowest BCUT2D eigenvalue weighted by Gasteiger charge is -2.15. The third kappa shape index (κ3) is 3.86. The summed E-state index contributed by atoms with van der Waals surface area (Å²) in [6.07, 6.45) is 5.38. The Hall–Kier alpha value is -1.02. The van der Waals surface area contributed by atoms with Crippen LogP contribution in [-0.4, -0.2) is 6.04 Å². The summed E-state index contributed by atoms with van der Waals surface area (Å²) in [5.41, 5.74) is 1.27. The van der Waals surface area contributed by atoms with E-state index in [1.54, 1.807) is 0 Å². The molecule has 0 saturated carbocycles. The number of allylic oxidation sites excluding steroid dienone is 1. The van der Waals surface area contributed by atoms with Crippen LogP contribution in [0.25, 0.3) is 0 Å². The average molecular weight is 221 g/mol. The molecule has 0 aliphatic rings. The Bertz CT molecular complexity index is 327. The van der Waals surface area contributed by atoms with Crippen LogP contribution < -0.4 is 5.32 Å². The maximum Gasteiger partial charge on any atom is 0.105 e. The normalized spacial score (nSPS) is 12.7. The van der Waals surface area contributed by atoms with E-state index in [4.69, 9.17) is 4.42 Å². The van der Waals surface area contributed by atoms with Gasteiger partial charge in [0.05, 0.1) is 0 Å². The maximum absolute atomic E-state index is 5.51. The minimum atomic E-state index is 0.576. The predicted octanol–water partition coefficient (Wildman–Crippen LogP) is 3.73. The Labute approximate surface area is 98.7 Å². The molecular formula is C14H23NO. The summed E-state index contributed by atoms with van der Waals surface area (Å²) in [6.45, 7) is 10.9. The molecule has 1 unspecified atom stereocenters. The number of furan rings is 1. The lowest BCUT2D eigenvalue weighted by Crippen LogP contribution is -2.27. The highest BCUT2D eigenvalue weighted by atomic mass is 16.3. The van der Waals surface area contributed by atoms with Crippen LogP contribution in [0.1, 0.15) is 43.3 Å². The fourth-order valence-electron chi connectivity index (χ4n) is 1.88. The predicted molar refractivity (Wildman–Crippen MR) is 68.5 cm³/mol. The third-order valence-corrected chi connectivity index (χ3v) is 2.94. The van der Waals surface area contributed by atoms with E-state index in [0.717, 1.165) is 37.3 Å². The molecule has 1 heterocycles. The Kier molecular flexibility index (Phi) is 5.33.